The fraction of sp³-hybridized carbons (Fsp3) is 0.600. The van der Waals surface area contributed by atoms with E-state index in [4.69, 9.17) is 5.11 Å². The summed E-state index contributed by atoms with van der Waals surface area (Å²) in [6.45, 7) is 0.797. The smallest absolute Gasteiger partial charge is 0.303 e. The van der Waals surface area contributed by atoms with Gasteiger partial charge < -0.3 is 5.11 Å². The molecular weight excluding hydrogens is 256 g/mol. The number of piperidine rings is 1. The average molecular weight is 272 g/mol. The Balaban J connectivity index is 2.06. The SMILES string of the molecule is O=S(=O)(Nc1ncccn1)N1CCCC(CO)C1. The van der Waals surface area contributed by atoms with E-state index in [-0.39, 0.29) is 18.5 Å². The van der Waals surface area contributed by atoms with Gasteiger partial charge in [-0.1, -0.05) is 0 Å². The van der Waals surface area contributed by atoms with Gasteiger partial charge in [0.05, 0.1) is 0 Å². The molecule has 0 aromatic carbocycles. The van der Waals surface area contributed by atoms with Crippen molar-refractivity contribution < 1.29 is 13.5 Å². The molecule has 7 nitrogen and oxygen atoms in total. The Hall–Kier alpha value is -1.25. The molecule has 0 amide bonds. The highest BCUT2D eigenvalue weighted by molar-refractivity contribution is 7.90. The molecule has 1 aromatic rings. The van der Waals surface area contributed by atoms with E-state index >= 15 is 0 Å². The van der Waals surface area contributed by atoms with Crippen LogP contribution in [0.2, 0.25) is 0 Å². The van der Waals surface area contributed by atoms with Gasteiger partial charge in [-0.3, -0.25) is 0 Å². The van der Waals surface area contributed by atoms with Crippen molar-refractivity contribution in [2.45, 2.75) is 12.8 Å². The van der Waals surface area contributed by atoms with Gasteiger partial charge in [0.25, 0.3) is 0 Å². The van der Waals surface area contributed by atoms with E-state index in [1.807, 2.05) is 0 Å². The normalized spacial score (nSPS) is 21.7. The van der Waals surface area contributed by atoms with Gasteiger partial charge in [-0.25, -0.2) is 14.7 Å². The highest BCUT2D eigenvalue weighted by Crippen LogP contribution is 2.19. The molecule has 1 unspecified atom stereocenters. The summed E-state index contributed by atoms with van der Waals surface area (Å²) in [5, 5.41) is 9.10. The van der Waals surface area contributed by atoms with Crippen molar-refractivity contribution in [2.24, 2.45) is 5.92 Å². The molecule has 2 N–H and O–H groups in total. The second kappa shape index (κ2) is 5.59. The lowest BCUT2D eigenvalue weighted by molar-refractivity contribution is 0.166. The minimum absolute atomic E-state index is 0.00650. The molecule has 8 heteroatoms. The Bertz CT molecular complexity index is 479. The van der Waals surface area contributed by atoms with E-state index in [1.54, 1.807) is 6.07 Å². The molecule has 0 radical (unpaired) electrons. The second-order valence-corrected chi connectivity index (χ2v) is 5.90. The number of nitrogens with one attached hydrogen (secondary N) is 1. The van der Waals surface area contributed by atoms with Crippen molar-refractivity contribution in [3.05, 3.63) is 18.5 Å². The van der Waals surface area contributed by atoms with Gasteiger partial charge >= 0.3 is 10.2 Å². The summed E-state index contributed by atoms with van der Waals surface area (Å²) in [5.74, 6) is 0.0654. The van der Waals surface area contributed by atoms with Crippen LogP contribution in [0.25, 0.3) is 0 Å². The van der Waals surface area contributed by atoms with E-state index in [0.29, 0.717) is 13.1 Å². The Morgan fingerprint density at radius 3 is 2.83 bits per heavy atom. The van der Waals surface area contributed by atoms with Crippen LogP contribution in [0.3, 0.4) is 0 Å². The molecule has 0 saturated carbocycles. The van der Waals surface area contributed by atoms with Crippen LogP contribution in [0.5, 0.6) is 0 Å². The van der Waals surface area contributed by atoms with Gasteiger partial charge in [-0.2, -0.15) is 12.7 Å². The molecule has 2 heterocycles. The predicted molar refractivity (Wildman–Crippen MR) is 66.0 cm³/mol. The van der Waals surface area contributed by atoms with Gasteiger partial charge in [0, 0.05) is 32.1 Å². The van der Waals surface area contributed by atoms with Crippen LogP contribution in [-0.2, 0) is 10.2 Å². The lowest BCUT2D eigenvalue weighted by atomic mass is 10.0. The summed E-state index contributed by atoms with van der Waals surface area (Å²) < 4.78 is 27.8. The maximum absolute atomic E-state index is 12.1. The number of hydrogen-bond acceptors (Lipinski definition) is 5. The summed E-state index contributed by atoms with van der Waals surface area (Å²) in [4.78, 5) is 7.64. The van der Waals surface area contributed by atoms with Crippen molar-refractivity contribution in [3.8, 4) is 0 Å². The third kappa shape index (κ3) is 3.15. The quantitative estimate of drug-likeness (QED) is 0.794. The Morgan fingerprint density at radius 2 is 2.17 bits per heavy atom. The van der Waals surface area contributed by atoms with Crippen molar-refractivity contribution in [3.63, 3.8) is 0 Å². The first-order valence-corrected chi connectivity index (χ1v) is 7.21. The summed E-state index contributed by atoms with van der Waals surface area (Å²) in [5.41, 5.74) is 0. The standard InChI is InChI=1S/C10H16N4O3S/c15-8-9-3-1-6-14(7-9)18(16,17)13-10-11-4-2-5-12-10/h2,4-5,9,15H,1,3,6-8H2,(H,11,12,13). The third-order valence-corrected chi connectivity index (χ3v) is 4.32. The Morgan fingerprint density at radius 1 is 1.44 bits per heavy atom. The van der Waals surface area contributed by atoms with Gasteiger partial charge in [-0.05, 0) is 24.8 Å². The fourth-order valence-electron chi connectivity index (χ4n) is 1.93. The van der Waals surface area contributed by atoms with Crippen LogP contribution in [0.4, 0.5) is 5.95 Å². The van der Waals surface area contributed by atoms with Crippen LogP contribution in [0.1, 0.15) is 12.8 Å². The molecule has 1 aliphatic rings. The third-order valence-electron chi connectivity index (χ3n) is 2.87. The van der Waals surface area contributed by atoms with Crippen LogP contribution < -0.4 is 4.72 Å². The number of hydrogen-bond donors (Lipinski definition) is 2. The largest absolute Gasteiger partial charge is 0.396 e. The first kappa shape index (κ1) is 13.2. The molecule has 1 atom stereocenters. The molecule has 1 aromatic heterocycles. The molecule has 100 valence electrons. The predicted octanol–water partition coefficient (Wildman–Crippen LogP) is -0.162. The van der Waals surface area contributed by atoms with Gasteiger partial charge in [-0.15, -0.1) is 0 Å². The molecule has 18 heavy (non-hydrogen) atoms. The average Bonchev–Trinajstić information content (AvgIpc) is 2.39. The lowest BCUT2D eigenvalue weighted by Crippen LogP contribution is -2.43. The first-order valence-electron chi connectivity index (χ1n) is 5.77. The molecule has 1 aliphatic heterocycles. The van der Waals surface area contributed by atoms with Crippen molar-refractivity contribution in [1.82, 2.24) is 14.3 Å². The molecule has 1 saturated heterocycles. The maximum Gasteiger partial charge on any atom is 0.303 e. The second-order valence-electron chi connectivity index (χ2n) is 4.23. The zero-order valence-corrected chi connectivity index (χ0v) is 10.7. The zero-order chi connectivity index (χ0) is 13.0. The van der Waals surface area contributed by atoms with Gasteiger partial charge in [0.1, 0.15) is 0 Å². The molecule has 1 fully saturated rings. The Kier molecular flexibility index (Phi) is 4.10. The summed E-state index contributed by atoms with van der Waals surface area (Å²) in [7, 11) is -3.63. The van der Waals surface area contributed by atoms with Crippen LogP contribution >= 0.6 is 0 Å². The molecule has 2 rings (SSSR count). The molecule has 0 spiro atoms. The van der Waals surface area contributed by atoms with Crippen molar-refractivity contribution >= 4 is 16.2 Å². The maximum atomic E-state index is 12.1. The highest BCUT2D eigenvalue weighted by Gasteiger charge is 2.28. The van der Waals surface area contributed by atoms with E-state index in [9.17, 15) is 8.42 Å². The zero-order valence-electron chi connectivity index (χ0n) is 9.86. The van der Waals surface area contributed by atoms with Crippen LogP contribution in [0.15, 0.2) is 18.5 Å². The fourth-order valence-corrected chi connectivity index (χ4v) is 3.17. The van der Waals surface area contributed by atoms with Gasteiger partial charge in [0.2, 0.25) is 5.95 Å². The molecule has 0 bridgehead atoms. The number of rotatable bonds is 4. The topological polar surface area (TPSA) is 95.4 Å². The Labute approximate surface area is 106 Å². The number of aromatic nitrogens is 2. The van der Waals surface area contributed by atoms with E-state index in [1.165, 1.54) is 16.7 Å². The summed E-state index contributed by atoms with van der Waals surface area (Å²) >= 11 is 0. The number of aliphatic hydroxyl groups excluding tert-OH is 1. The monoisotopic (exact) mass is 272 g/mol. The highest BCUT2D eigenvalue weighted by atomic mass is 32.2. The number of anilines is 1. The van der Waals surface area contributed by atoms with Crippen molar-refractivity contribution in [1.29, 1.82) is 0 Å². The van der Waals surface area contributed by atoms with Crippen LogP contribution in [-0.4, -0.2) is 47.5 Å². The summed E-state index contributed by atoms with van der Waals surface area (Å²) in [6.07, 6.45) is 4.54. The lowest BCUT2D eigenvalue weighted by Gasteiger charge is -2.30. The number of nitrogens with zero attached hydrogens (tertiary/aromatic N) is 3. The van der Waals surface area contributed by atoms with E-state index < -0.39 is 10.2 Å². The minimum Gasteiger partial charge on any atom is -0.396 e. The minimum atomic E-state index is -3.63. The van der Waals surface area contributed by atoms with E-state index in [0.717, 1.165) is 12.8 Å². The van der Waals surface area contributed by atoms with Crippen LogP contribution in [0, 0.1) is 5.92 Å². The number of aliphatic hydroxyl groups is 1. The molecule has 0 aliphatic carbocycles. The molecular formula is C10H16N4O3S. The first-order chi connectivity index (χ1) is 8.62. The van der Waals surface area contributed by atoms with Gasteiger partial charge in [0.15, 0.2) is 0 Å². The van der Waals surface area contributed by atoms with Crippen molar-refractivity contribution in [2.75, 3.05) is 24.4 Å². The summed E-state index contributed by atoms with van der Waals surface area (Å²) in [6, 6.07) is 1.61. The van der Waals surface area contributed by atoms with E-state index in [2.05, 4.69) is 14.7 Å².